The molecule has 0 aromatic carbocycles. The fourth-order valence-corrected chi connectivity index (χ4v) is 2.82. The molecule has 0 amide bonds. The Morgan fingerprint density at radius 2 is 2.20 bits per heavy atom. The highest BCUT2D eigenvalue weighted by molar-refractivity contribution is 5.93. The number of fused-ring (bicyclic) bond motifs is 1. The Morgan fingerprint density at radius 3 is 2.96 bits per heavy atom. The van der Waals surface area contributed by atoms with E-state index in [1.165, 1.54) is 6.08 Å². The average molecular weight is 339 g/mol. The standard InChI is InChI=1S/C18H18FN5O/c1-11(2)25-17-8-14-15(9-21-17)22-23-18(14)12-3-5-20-16(7-12)24-6-4-13(19)10-24/h3-9,11,13H,10H2,1-2H3,(H,22,23)/t13-/m1/s1. The third-order valence-corrected chi connectivity index (χ3v) is 3.94. The number of aromatic amines is 1. The number of rotatable bonds is 4. The maximum atomic E-state index is 13.4. The summed E-state index contributed by atoms with van der Waals surface area (Å²) in [5.74, 6) is 1.25. The molecule has 0 fully saturated rings. The van der Waals surface area contributed by atoms with Crippen LogP contribution in [0.15, 0.2) is 42.9 Å². The second-order valence-electron chi connectivity index (χ2n) is 6.22. The quantitative estimate of drug-likeness (QED) is 0.788. The molecule has 0 aliphatic carbocycles. The van der Waals surface area contributed by atoms with Crippen molar-refractivity contribution in [2.45, 2.75) is 26.1 Å². The van der Waals surface area contributed by atoms with Crippen molar-refractivity contribution in [3.05, 3.63) is 42.9 Å². The number of anilines is 1. The van der Waals surface area contributed by atoms with Gasteiger partial charge in [-0.25, -0.2) is 14.4 Å². The molecule has 0 spiro atoms. The highest BCUT2D eigenvalue weighted by atomic mass is 19.1. The largest absolute Gasteiger partial charge is 0.475 e. The molecule has 0 unspecified atom stereocenters. The fourth-order valence-electron chi connectivity index (χ4n) is 2.82. The summed E-state index contributed by atoms with van der Waals surface area (Å²) in [7, 11) is 0. The number of nitrogens with zero attached hydrogens (tertiary/aromatic N) is 4. The van der Waals surface area contributed by atoms with E-state index in [2.05, 4.69) is 20.2 Å². The van der Waals surface area contributed by atoms with Gasteiger partial charge in [0.15, 0.2) is 0 Å². The summed E-state index contributed by atoms with van der Waals surface area (Å²) in [4.78, 5) is 10.4. The molecule has 0 bridgehead atoms. The van der Waals surface area contributed by atoms with Crippen molar-refractivity contribution < 1.29 is 9.13 Å². The van der Waals surface area contributed by atoms with Crippen LogP contribution < -0.4 is 9.64 Å². The van der Waals surface area contributed by atoms with Gasteiger partial charge in [0.2, 0.25) is 5.88 Å². The SMILES string of the molecule is CC(C)Oc1cc2c(-c3ccnc(N4C=C[C@@H](F)C4)c3)n[nH]c2cn1. The summed E-state index contributed by atoms with van der Waals surface area (Å²) in [6, 6.07) is 5.66. The molecule has 1 aliphatic heterocycles. The van der Waals surface area contributed by atoms with Gasteiger partial charge in [0.1, 0.15) is 17.7 Å². The van der Waals surface area contributed by atoms with E-state index in [-0.39, 0.29) is 12.6 Å². The normalized spacial score (nSPS) is 17.0. The molecule has 1 atom stereocenters. The minimum Gasteiger partial charge on any atom is -0.475 e. The lowest BCUT2D eigenvalue weighted by Gasteiger charge is -2.15. The van der Waals surface area contributed by atoms with Gasteiger partial charge in [-0.05, 0) is 32.1 Å². The molecular weight excluding hydrogens is 321 g/mol. The van der Waals surface area contributed by atoms with Crippen LogP contribution in [0.2, 0.25) is 0 Å². The van der Waals surface area contributed by atoms with Crippen molar-refractivity contribution in [1.82, 2.24) is 20.2 Å². The van der Waals surface area contributed by atoms with Crippen LogP contribution in [0.4, 0.5) is 10.2 Å². The first-order valence-corrected chi connectivity index (χ1v) is 8.16. The third kappa shape index (κ3) is 3.05. The number of ether oxygens (including phenoxy) is 1. The predicted molar refractivity (Wildman–Crippen MR) is 94.3 cm³/mol. The second kappa shape index (κ2) is 6.16. The van der Waals surface area contributed by atoms with Crippen LogP contribution in [0.25, 0.3) is 22.2 Å². The summed E-state index contributed by atoms with van der Waals surface area (Å²) in [5, 5.41) is 8.32. The lowest BCUT2D eigenvalue weighted by Crippen LogP contribution is -2.18. The Balaban J connectivity index is 1.73. The van der Waals surface area contributed by atoms with Crippen LogP contribution in [0, 0.1) is 0 Å². The van der Waals surface area contributed by atoms with Crippen LogP contribution in [0.5, 0.6) is 5.88 Å². The highest BCUT2D eigenvalue weighted by Gasteiger charge is 2.18. The molecule has 0 saturated heterocycles. The first-order chi connectivity index (χ1) is 12.1. The van der Waals surface area contributed by atoms with Crippen molar-refractivity contribution in [3.8, 4) is 17.1 Å². The van der Waals surface area contributed by atoms with E-state index in [0.717, 1.165) is 22.2 Å². The third-order valence-electron chi connectivity index (χ3n) is 3.94. The van der Waals surface area contributed by atoms with Crippen LogP contribution in [0.3, 0.4) is 0 Å². The van der Waals surface area contributed by atoms with Crippen LogP contribution >= 0.6 is 0 Å². The molecule has 128 valence electrons. The van der Waals surface area contributed by atoms with Gasteiger partial charge in [-0.1, -0.05) is 0 Å². The molecule has 25 heavy (non-hydrogen) atoms. The van der Waals surface area contributed by atoms with Gasteiger partial charge < -0.3 is 9.64 Å². The van der Waals surface area contributed by atoms with Crippen molar-refractivity contribution in [2.75, 3.05) is 11.4 Å². The zero-order valence-corrected chi connectivity index (χ0v) is 14.0. The Hall–Kier alpha value is -2.96. The van der Waals surface area contributed by atoms with Crippen LogP contribution in [0.1, 0.15) is 13.8 Å². The molecule has 3 aromatic rings. The number of pyridine rings is 2. The molecule has 1 N–H and O–H groups in total. The van der Waals surface area contributed by atoms with Crippen LogP contribution in [-0.4, -0.2) is 39.0 Å². The molecule has 7 heteroatoms. The molecule has 4 rings (SSSR count). The second-order valence-corrected chi connectivity index (χ2v) is 6.22. The van der Waals surface area contributed by atoms with E-state index < -0.39 is 6.17 Å². The summed E-state index contributed by atoms with van der Waals surface area (Å²) < 4.78 is 19.1. The number of halogens is 1. The zero-order valence-electron chi connectivity index (χ0n) is 14.0. The topological polar surface area (TPSA) is 66.9 Å². The Labute approximate surface area is 144 Å². The van der Waals surface area contributed by atoms with E-state index in [1.54, 1.807) is 23.5 Å². The van der Waals surface area contributed by atoms with Gasteiger partial charge in [0.25, 0.3) is 0 Å². The smallest absolute Gasteiger partial charge is 0.214 e. The van der Waals surface area contributed by atoms with Crippen molar-refractivity contribution in [3.63, 3.8) is 0 Å². The van der Waals surface area contributed by atoms with Gasteiger partial charge in [-0.15, -0.1) is 0 Å². The Bertz CT molecular complexity index is 936. The Morgan fingerprint density at radius 1 is 1.32 bits per heavy atom. The first kappa shape index (κ1) is 15.6. The van der Waals surface area contributed by atoms with Gasteiger partial charge in [0, 0.05) is 29.4 Å². The Kier molecular flexibility index (Phi) is 3.83. The monoisotopic (exact) mass is 339 g/mol. The lowest BCUT2D eigenvalue weighted by molar-refractivity contribution is 0.233. The number of alkyl halides is 1. The summed E-state index contributed by atoms with van der Waals surface area (Å²) in [6.07, 6.45) is 5.75. The van der Waals surface area contributed by atoms with E-state index in [4.69, 9.17) is 4.74 Å². The molecular formula is C18H18FN5O. The number of hydrogen-bond acceptors (Lipinski definition) is 5. The zero-order chi connectivity index (χ0) is 17.4. The molecule has 6 nitrogen and oxygen atoms in total. The highest BCUT2D eigenvalue weighted by Crippen LogP contribution is 2.30. The van der Waals surface area contributed by atoms with Crippen molar-refractivity contribution in [2.24, 2.45) is 0 Å². The predicted octanol–water partition coefficient (Wildman–Crippen LogP) is 3.48. The molecule has 0 saturated carbocycles. The van der Waals surface area contributed by atoms with Gasteiger partial charge in [-0.2, -0.15) is 5.10 Å². The lowest BCUT2D eigenvalue weighted by atomic mass is 10.1. The van der Waals surface area contributed by atoms with Crippen molar-refractivity contribution >= 4 is 16.7 Å². The molecule has 3 aromatic heterocycles. The van der Waals surface area contributed by atoms with E-state index in [0.29, 0.717) is 11.7 Å². The maximum Gasteiger partial charge on any atom is 0.214 e. The summed E-state index contributed by atoms with van der Waals surface area (Å²) in [5.41, 5.74) is 2.51. The summed E-state index contributed by atoms with van der Waals surface area (Å²) >= 11 is 0. The molecule has 4 heterocycles. The number of hydrogen-bond donors (Lipinski definition) is 1. The number of aromatic nitrogens is 4. The van der Waals surface area contributed by atoms with Gasteiger partial charge in [0.05, 0.1) is 24.4 Å². The minimum atomic E-state index is -0.960. The van der Waals surface area contributed by atoms with E-state index in [1.807, 2.05) is 32.0 Å². The van der Waals surface area contributed by atoms with Gasteiger partial charge >= 0.3 is 0 Å². The number of H-pyrrole nitrogens is 1. The first-order valence-electron chi connectivity index (χ1n) is 8.16. The van der Waals surface area contributed by atoms with Crippen molar-refractivity contribution in [1.29, 1.82) is 0 Å². The number of nitrogens with one attached hydrogen (secondary N) is 1. The van der Waals surface area contributed by atoms with E-state index in [9.17, 15) is 4.39 Å². The average Bonchev–Trinajstić information content (AvgIpc) is 3.20. The fraction of sp³-hybridized carbons (Fsp3) is 0.278. The molecule has 0 radical (unpaired) electrons. The van der Waals surface area contributed by atoms with Gasteiger partial charge in [-0.3, -0.25) is 5.10 Å². The maximum absolute atomic E-state index is 13.4. The minimum absolute atomic E-state index is 0.0448. The van der Waals surface area contributed by atoms with Crippen LogP contribution in [-0.2, 0) is 0 Å². The van der Waals surface area contributed by atoms with E-state index >= 15 is 0 Å². The summed E-state index contributed by atoms with van der Waals surface area (Å²) in [6.45, 7) is 4.20. The molecule has 1 aliphatic rings.